The second-order valence-corrected chi connectivity index (χ2v) is 12.3. The van der Waals surface area contributed by atoms with E-state index in [2.05, 4.69) is 74.6 Å². The minimum Gasteiger partial charge on any atom is -0.480 e. The van der Waals surface area contributed by atoms with Crippen LogP contribution in [-0.2, 0) is 9.22 Å². The van der Waals surface area contributed by atoms with Gasteiger partial charge in [0.25, 0.3) is 8.32 Å². The van der Waals surface area contributed by atoms with Gasteiger partial charge in [-0.2, -0.15) is 0 Å². The monoisotopic (exact) mass is 369 g/mol. The molecule has 1 aliphatic rings. The Bertz CT molecular complexity index is 712. The van der Waals surface area contributed by atoms with Crippen molar-refractivity contribution in [1.29, 1.82) is 0 Å². The molecule has 2 aromatic carbocycles. The molecule has 0 radical (unpaired) electrons. The van der Waals surface area contributed by atoms with Gasteiger partial charge in [0.15, 0.2) is 0 Å². The maximum absolute atomic E-state index is 11.5. The minimum absolute atomic E-state index is 0.0942. The molecule has 0 aliphatic carbocycles. The SMILES string of the molecule is CC(C)(C)[Si](OCCC1(C(=O)O)CN1)(c1ccccc1)c1ccccc1. The lowest BCUT2D eigenvalue weighted by atomic mass is 10.1. The van der Waals surface area contributed by atoms with E-state index in [1.807, 2.05) is 12.1 Å². The number of carbonyl (C=O) groups is 1. The number of nitrogens with one attached hydrogen (secondary N) is 1. The molecule has 1 fully saturated rings. The first-order valence-corrected chi connectivity index (χ1v) is 11.0. The lowest BCUT2D eigenvalue weighted by molar-refractivity contribution is -0.140. The number of carboxylic acid groups (broad SMARTS) is 1. The summed E-state index contributed by atoms with van der Waals surface area (Å²) in [6, 6.07) is 20.8. The van der Waals surface area contributed by atoms with E-state index in [1.54, 1.807) is 0 Å². The molecule has 0 spiro atoms. The van der Waals surface area contributed by atoms with Crippen molar-refractivity contribution in [3.63, 3.8) is 0 Å². The van der Waals surface area contributed by atoms with E-state index in [4.69, 9.17) is 4.43 Å². The smallest absolute Gasteiger partial charge is 0.325 e. The summed E-state index contributed by atoms with van der Waals surface area (Å²) in [7, 11) is -2.58. The highest BCUT2D eigenvalue weighted by Crippen LogP contribution is 2.37. The number of aliphatic carboxylic acids is 1. The average molecular weight is 370 g/mol. The van der Waals surface area contributed by atoms with Crippen molar-refractivity contribution in [3.8, 4) is 0 Å². The van der Waals surface area contributed by atoms with E-state index in [0.717, 1.165) is 0 Å². The molecule has 5 heteroatoms. The van der Waals surface area contributed by atoms with Gasteiger partial charge in [0, 0.05) is 13.2 Å². The third-order valence-corrected chi connectivity index (χ3v) is 10.3. The Kier molecular flexibility index (Phi) is 5.06. The van der Waals surface area contributed by atoms with Gasteiger partial charge in [-0.3, -0.25) is 10.1 Å². The predicted octanol–water partition coefficient (Wildman–Crippen LogP) is 2.38. The third kappa shape index (κ3) is 3.34. The first kappa shape index (κ1) is 18.8. The van der Waals surface area contributed by atoms with E-state index >= 15 is 0 Å². The summed E-state index contributed by atoms with van der Waals surface area (Å²) in [5, 5.41) is 14.7. The van der Waals surface area contributed by atoms with Gasteiger partial charge in [0.05, 0.1) is 0 Å². The second kappa shape index (κ2) is 6.99. The maximum Gasteiger partial charge on any atom is 0.325 e. The lowest BCUT2D eigenvalue weighted by Crippen LogP contribution is -2.66. The van der Waals surface area contributed by atoms with E-state index in [9.17, 15) is 9.90 Å². The summed E-state index contributed by atoms with van der Waals surface area (Å²) in [5.41, 5.74) is -0.800. The Balaban J connectivity index is 1.99. The van der Waals surface area contributed by atoms with Crippen LogP contribution in [0.3, 0.4) is 0 Å². The topological polar surface area (TPSA) is 68.5 Å². The fraction of sp³-hybridized carbons (Fsp3) is 0.381. The molecular weight excluding hydrogens is 342 g/mol. The van der Waals surface area contributed by atoms with Gasteiger partial charge in [-0.05, 0) is 21.8 Å². The lowest BCUT2D eigenvalue weighted by Gasteiger charge is -2.43. The molecule has 0 bridgehead atoms. The molecule has 2 aromatic rings. The molecule has 138 valence electrons. The van der Waals surface area contributed by atoms with Crippen LogP contribution in [-0.4, -0.2) is 38.1 Å². The number of rotatable bonds is 7. The molecule has 1 aliphatic heterocycles. The first-order chi connectivity index (χ1) is 12.3. The molecule has 2 N–H and O–H groups in total. The van der Waals surface area contributed by atoms with Crippen LogP contribution in [0, 0.1) is 0 Å². The van der Waals surface area contributed by atoms with E-state index in [1.165, 1.54) is 10.4 Å². The Morgan fingerprint density at radius 3 is 1.88 bits per heavy atom. The summed E-state index contributed by atoms with van der Waals surface area (Å²) in [6.07, 6.45) is 0.479. The van der Waals surface area contributed by atoms with Crippen LogP contribution in [0.15, 0.2) is 60.7 Å². The van der Waals surface area contributed by atoms with E-state index in [-0.39, 0.29) is 5.04 Å². The molecule has 0 amide bonds. The summed E-state index contributed by atoms with van der Waals surface area (Å²) in [6.45, 7) is 7.61. The molecule has 4 nitrogen and oxygen atoms in total. The summed E-state index contributed by atoms with van der Waals surface area (Å²) >= 11 is 0. The van der Waals surface area contributed by atoms with Gasteiger partial charge in [0.2, 0.25) is 0 Å². The Morgan fingerprint density at radius 1 is 1.08 bits per heavy atom. The zero-order chi connectivity index (χ0) is 18.8. The molecule has 1 heterocycles. The fourth-order valence-corrected chi connectivity index (χ4v) is 8.25. The van der Waals surface area contributed by atoms with Crippen molar-refractivity contribution in [1.82, 2.24) is 5.32 Å². The zero-order valence-corrected chi connectivity index (χ0v) is 16.7. The van der Waals surface area contributed by atoms with E-state index in [0.29, 0.717) is 19.6 Å². The molecule has 3 rings (SSSR count). The van der Waals surface area contributed by atoms with Crippen molar-refractivity contribution in [2.75, 3.05) is 13.2 Å². The van der Waals surface area contributed by atoms with Crippen LogP contribution >= 0.6 is 0 Å². The van der Waals surface area contributed by atoms with Crippen molar-refractivity contribution in [3.05, 3.63) is 60.7 Å². The number of benzene rings is 2. The maximum atomic E-state index is 11.5. The van der Waals surface area contributed by atoms with Crippen molar-refractivity contribution in [2.45, 2.75) is 37.8 Å². The van der Waals surface area contributed by atoms with Gasteiger partial charge in [0.1, 0.15) is 5.54 Å². The standard InChI is InChI=1S/C21H27NO3Si/c1-20(2,3)26(17-10-6-4-7-11-17,18-12-8-5-9-13-18)25-15-14-21(16-22-21)19(23)24/h4-13,22H,14-16H2,1-3H3,(H,23,24). The number of hydrogen-bond donors (Lipinski definition) is 2. The molecule has 1 saturated heterocycles. The highest BCUT2D eigenvalue weighted by molar-refractivity contribution is 6.99. The second-order valence-electron chi connectivity index (χ2n) is 8.00. The third-order valence-electron chi connectivity index (χ3n) is 5.28. The van der Waals surface area contributed by atoms with Crippen molar-refractivity contribution >= 4 is 24.7 Å². The summed E-state index contributed by atoms with van der Waals surface area (Å²) < 4.78 is 6.73. The fourth-order valence-electron chi connectivity index (χ4n) is 3.68. The van der Waals surface area contributed by atoms with Crippen LogP contribution in [0.5, 0.6) is 0 Å². The highest BCUT2D eigenvalue weighted by atomic mass is 28.4. The van der Waals surface area contributed by atoms with Gasteiger partial charge in [-0.15, -0.1) is 0 Å². The average Bonchev–Trinajstić information content (AvgIpc) is 3.40. The first-order valence-electron chi connectivity index (χ1n) is 9.05. The molecule has 0 aromatic heterocycles. The van der Waals surface area contributed by atoms with Crippen LogP contribution in [0.25, 0.3) is 0 Å². The molecule has 1 atom stereocenters. The molecule has 0 saturated carbocycles. The summed E-state index contributed by atoms with van der Waals surface area (Å²) in [4.78, 5) is 11.5. The number of carboxylic acids is 1. The van der Waals surface area contributed by atoms with Gasteiger partial charge in [-0.1, -0.05) is 81.4 Å². The van der Waals surface area contributed by atoms with Crippen molar-refractivity contribution < 1.29 is 14.3 Å². The quantitative estimate of drug-likeness (QED) is 0.581. The highest BCUT2D eigenvalue weighted by Gasteiger charge is 2.53. The van der Waals surface area contributed by atoms with Crippen LogP contribution in [0.2, 0.25) is 5.04 Å². The van der Waals surface area contributed by atoms with Crippen molar-refractivity contribution in [2.24, 2.45) is 0 Å². The largest absolute Gasteiger partial charge is 0.480 e. The van der Waals surface area contributed by atoms with E-state index < -0.39 is 19.8 Å². The van der Waals surface area contributed by atoms with Crippen LogP contribution < -0.4 is 15.7 Å². The van der Waals surface area contributed by atoms with Crippen LogP contribution in [0.4, 0.5) is 0 Å². The van der Waals surface area contributed by atoms with Gasteiger partial charge >= 0.3 is 5.97 Å². The molecule has 26 heavy (non-hydrogen) atoms. The van der Waals surface area contributed by atoms with Gasteiger partial charge in [-0.25, -0.2) is 0 Å². The van der Waals surface area contributed by atoms with Crippen LogP contribution in [0.1, 0.15) is 27.2 Å². The Labute approximate surface area is 156 Å². The minimum atomic E-state index is -2.58. The molecule has 1 unspecified atom stereocenters. The summed E-state index contributed by atoms with van der Waals surface area (Å²) in [5.74, 6) is -0.788. The number of hydrogen-bond acceptors (Lipinski definition) is 3. The molecular formula is C21H27NO3Si. The zero-order valence-electron chi connectivity index (χ0n) is 15.7. The Morgan fingerprint density at radius 2 is 1.54 bits per heavy atom. The Hall–Kier alpha value is -1.95. The normalized spacial score (nSPS) is 20.0. The predicted molar refractivity (Wildman–Crippen MR) is 107 cm³/mol. The van der Waals surface area contributed by atoms with Gasteiger partial charge < -0.3 is 9.53 Å².